The normalized spacial score (nSPS) is 39.4. The highest BCUT2D eigenvalue weighted by atomic mass is 28.4. The molecule has 0 saturated carbocycles. The maximum atomic E-state index is 14.2. The topological polar surface area (TPSA) is 119 Å². The molecular weight excluding hydrogens is 1000 g/mol. The molecule has 8 aliphatic heterocycles. The largest absolute Gasteiger partial charge is 0.404 e. The summed E-state index contributed by atoms with van der Waals surface area (Å²) >= 11 is 0. The van der Waals surface area contributed by atoms with Gasteiger partial charge in [0, 0.05) is 51.6 Å². The molecule has 0 aliphatic carbocycles. The van der Waals surface area contributed by atoms with Gasteiger partial charge in [-0.25, -0.2) is 0 Å². The zero-order valence-corrected chi connectivity index (χ0v) is 48.1. The van der Waals surface area contributed by atoms with Gasteiger partial charge in [-0.05, 0) is 79.9 Å². The van der Waals surface area contributed by atoms with E-state index in [9.17, 15) is 4.79 Å². The van der Waals surface area contributed by atoms with Gasteiger partial charge in [-0.15, -0.1) is 0 Å². The van der Waals surface area contributed by atoms with E-state index in [4.69, 9.17) is 51.8 Å². The summed E-state index contributed by atoms with van der Waals surface area (Å²) in [5, 5.41) is 2.12. The Hall–Kier alpha value is -3.67. The lowest BCUT2D eigenvalue weighted by Gasteiger charge is -2.62. The van der Waals surface area contributed by atoms with Crippen molar-refractivity contribution in [2.45, 2.75) is 239 Å². The monoisotopic (exact) mass is 1080 g/mol. The molecule has 0 unspecified atom stereocenters. The highest BCUT2D eigenvalue weighted by Crippen LogP contribution is 2.55. The average molecular weight is 1090 g/mol. The third-order valence-electron chi connectivity index (χ3n) is 19.3. The van der Waals surface area contributed by atoms with E-state index < -0.39 is 36.8 Å². The van der Waals surface area contributed by atoms with E-state index in [1.165, 1.54) is 15.9 Å². The van der Waals surface area contributed by atoms with Crippen LogP contribution in [0.2, 0.25) is 5.04 Å². The van der Waals surface area contributed by atoms with E-state index in [-0.39, 0.29) is 97.1 Å². The van der Waals surface area contributed by atoms with Crippen molar-refractivity contribution in [2.75, 3.05) is 13.2 Å². The quantitative estimate of drug-likeness (QED) is 0.0884. The first-order valence-electron chi connectivity index (χ1n) is 29.4. The summed E-state index contributed by atoms with van der Waals surface area (Å²) in [6.45, 7) is 17.5. The van der Waals surface area contributed by atoms with E-state index in [2.05, 4.69) is 133 Å². The van der Waals surface area contributed by atoms with Crippen LogP contribution in [0.25, 0.3) is 0 Å². The van der Waals surface area contributed by atoms with Crippen LogP contribution in [0.4, 0.5) is 0 Å². The Morgan fingerprint density at radius 3 is 1.87 bits per heavy atom. The van der Waals surface area contributed by atoms with Crippen molar-refractivity contribution >= 4 is 24.5 Å². The van der Waals surface area contributed by atoms with Crippen LogP contribution in [0.5, 0.6) is 0 Å². The molecule has 420 valence electrons. The van der Waals surface area contributed by atoms with E-state index in [0.29, 0.717) is 51.9 Å². The lowest BCUT2D eigenvalue weighted by Crippen LogP contribution is -2.72. The Bertz CT molecular complexity index is 2620. The molecule has 0 N–H and O–H groups in total. The van der Waals surface area contributed by atoms with Crippen molar-refractivity contribution in [3.05, 3.63) is 132 Å². The molecule has 12 nitrogen and oxygen atoms in total. The molecule has 0 aromatic heterocycles. The third-order valence-corrected chi connectivity index (χ3v) is 24.3. The van der Waals surface area contributed by atoms with Gasteiger partial charge in [0.2, 0.25) is 0 Å². The number of Topliss-reactive ketones (excluding diaryl/α,β-unsaturated/α-hetero) is 1. The highest BCUT2D eigenvalue weighted by Gasteiger charge is 2.65. The Morgan fingerprint density at radius 2 is 1.19 bits per heavy atom. The second-order valence-electron chi connectivity index (χ2n) is 25.9. The van der Waals surface area contributed by atoms with Gasteiger partial charge in [0.05, 0.1) is 110 Å². The third kappa shape index (κ3) is 10.6. The van der Waals surface area contributed by atoms with Crippen molar-refractivity contribution in [3.8, 4) is 0 Å². The molecule has 0 amide bonds. The number of ether oxygens (including phenoxy) is 10. The number of fused-ring (bicyclic) bond motifs is 7. The van der Waals surface area contributed by atoms with Crippen molar-refractivity contribution < 1.29 is 56.6 Å². The summed E-state index contributed by atoms with van der Waals surface area (Å²) in [6, 6.07) is 41.9. The average Bonchev–Trinajstić information content (AvgIpc) is 3.76. The van der Waals surface area contributed by atoms with Gasteiger partial charge in [-0.2, -0.15) is 0 Å². The lowest BCUT2D eigenvalue weighted by atomic mass is 9.72. The van der Waals surface area contributed by atoms with Crippen LogP contribution in [0.1, 0.15) is 130 Å². The van der Waals surface area contributed by atoms with Crippen LogP contribution in [0.3, 0.4) is 0 Å². The summed E-state index contributed by atoms with van der Waals surface area (Å²) < 4.78 is 77.5. The van der Waals surface area contributed by atoms with Gasteiger partial charge >= 0.3 is 0 Å². The summed E-state index contributed by atoms with van der Waals surface area (Å²) in [7, 11) is -2.90. The molecule has 13 heteroatoms. The molecule has 4 aromatic rings. The number of hydrogen-bond donors (Lipinski definition) is 0. The van der Waals surface area contributed by atoms with E-state index in [0.717, 1.165) is 37.7 Å². The van der Waals surface area contributed by atoms with Crippen molar-refractivity contribution in [3.63, 3.8) is 0 Å². The van der Waals surface area contributed by atoms with Crippen LogP contribution >= 0.6 is 0 Å². The summed E-state index contributed by atoms with van der Waals surface area (Å²) in [4.78, 5) is 14.2. The van der Waals surface area contributed by atoms with Crippen LogP contribution in [0, 0.1) is 0 Å². The zero-order valence-electron chi connectivity index (χ0n) is 47.1. The zero-order chi connectivity index (χ0) is 53.9. The smallest absolute Gasteiger partial charge is 0.261 e. The Balaban J connectivity index is 0.701. The molecule has 0 radical (unpaired) electrons. The summed E-state index contributed by atoms with van der Waals surface area (Å²) in [5.74, 6) is 0.0161. The molecule has 4 aromatic carbocycles. The molecular formula is C65H84O12Si. The number of hydrogen-bond acceptors (Lipinski definition) is 12. The predicted molar refractivity (Wildman–Crippen MR) is 298 cm³/mol. The van der Waals surface area contributed by atoms with Gasteiger partial charge in [0.25, 0.3) is 8.32 Å². The van der Waals surface area contributed by atoms with E-state index >= 15 is 0 Å². The fourth-order valence-electron chi connectivity index (χ4n) is 15.3. The minimum atomic E-state index is -2.90. The Kier molecular flexibility index (Phi) is 15.4. The number of rotatable bonds is 14. The van der Waals surface area contributed by atoms with Gasteiger partial charge in [0.15, 0.2) is 5.78 Å². The van der Waals surface area contributed by atoms with Gasteiger partial charge in [0.1, 0.15) is 11.7 Å². The van der Waals surface area contributed by atoms with Crippen molar-refractivity contribution in [1.29, 1.82) is 0 Å². The van der Waals surface area contributed by atoms with E-state index in [1.807, 2.05) is 36.4 Å². The number of ketones is 1. The first-order chi connectivity index (χ1) is 37.5. The molecule has 8 aliphatic rings. The SMILES string of the molecule is CC(C)(C)[Si](OC[C@H]1O[C@H]2C[C@H]3O[C@H]4CC[C@H]5O[C@H]6C[C@@]7(C)O[C@@]8(C)[C@@H](OCc9ccccc9)C[C@H](CCCOCc9ccccc9)O[C@@H]8C[C@@H]7O[C@@H]6C[C@@H]5O[C@]4(C)C[C@]3(C)O[C@@H]2CC1=O)(c1ccccc1)c1ccccc1. The summed E-state index contributed by atoms with van der Waals surface area (Å²) in [6.07, 6.45) is 4.71. The van der Waals surface area contributed by atoms with Gasteiger partial charge < -0.3 is 51.8 Å². The minimum Gasteiger partial charge on any atom is -0.404 e. The van der Waals surface area contributed by atoms with Crippen LogP contribution in [-0.4, -0.2) is 129 Å². The maximum Gasteiger partial charge on any atom is 0.261 e. The predicted octanol–water partition coefficient (Wildman–Crippen LogP) is 9.92. The first-order valence-corrected chi connectivity index (χ1v) is 31.3. The fraction of sp³-hybridized carbons (Fsp3) is 0.615. The lowest BCUT2D eigenvalue weighted by molar-refractivity contribution is -0.373. The van der Waals surface area contributed by atoms with Gasteiger partial charge in [-0.1, -0.05) is 142 Å². The standard InChI is InChI=1S/C65H84O12Si/c1-61(2,3)78(46-26-16-10-17-27-46,47-28-18-11-19-29-47)69-41-55-48(66)34-52-51(72-55)36-57-64(6,75-52)42-63(5)56(74-57)31-30-49-53(76-63)35-50-54(71-49)38-62(4)58(73-50)37-60-65(7,77-62)59(68-40-44-23-14-9-15-24-44)33-45(70-60)25-20-32-67-39-43-21-12-8-13-22-43/h8-19,21-24,26-29,45,49-60H,20,25,30-42H2,1-7H3/t45-,49+,50+,51-,52+,53-,54-,55+,56-,57+,58-,59-,60+,62+,63+,64-,65-/m0/s1. The molecule has 0 spiro atoms. The number of benzene rings is 4. The molecule has 8 saturated heterocycles. The Morgan fingerprint density at radius 1 is 0.577 bits per heavy atom. The summed E-state index contributed by atoms with van der Waals surface area (Å²) in [5.41, 5.74) is -0.317. The second-order valence-corrected chi connectivity index (χ2v) is 30.3. The molecule has 0 bridgehead atoms. The molecule has 17 atom stereocenters. The van der Waals surface area contributed by atoms with Crippen molar-refractivity contribution in [2.24, 2.45) is 0 Å². The molecule has 8 heterocycles. The molecule has 8 fully saturated rings. The second kappa shape index (κ2) is 21.9. The first kappa shape index (κ1) is 54.9. The molecule has 12 rings (SSSR count). The molecule has 78 heavy (non-hydrogen) atoms. The van der Waals surface area contributed by atoms with Crippen LogP contribution < -0.4 is 10.4 Å². The fourth-order valence-corrected chi connectivity index (χ4v) is 19.9. The van der Waals surface area contributed by atoms with E-state index in [1.54, 1.807) is 0 Å². The van der Waals surface area contributed by atoms with Gasteiger partial charge in [-0.3, -0.25) is 4.79 Å². The van der Waals surface area contributed by atoms with Crippen LogP contribution in [-0.2, 0) is 69.8 Å². The number of carbonyl (C=O) groups is 1. The minimum absolute atomic E-state index is 0.00211. The maximum absolute atomic E-state index is 14.2. The Labute approximate surface area is 463 Å². The number of carbonyl (C=O) groups excluding carboxylic acids is 1. The van der Waals surface area contributed by atoms with Crippen molar-refractivity contribution in [1.82, 2.24) is 0 Å². The van der Waals surface area contributed by atoms with Crippen LogP contribution in [0.15, 0.2) is 121 Å². The highest BCUT2D eigenvalue weighted by molar-refractivity contribution is 6.99.